The van der Waals surface area contributed by atoms with Gasteiger partial charge in [0.2, 0.25) is 10.0 Å². The Morgan fingerprint density at radius 2 is 2.04 bits per heavy atom. The second kappa shape index (κ2) is 7.16. The van der Waals surface area contributed by atoms with Crippen LogP contribution in [0, 0.1) is 11.8 Å². The zero-order chi connectivity index (χ0) is 19.1. The molecule has 1 aliphatic carbocycles. The molecule has 0 N–H and O–H groups in total. The van der Waals surface area contributed by atoms with E-state index in [4.69, 9.17) is 0 Å². The van der Waals surface area contributed by atoms with Crippen molar-refractivity contribution in [1.29, 1.82) is 0 Å². The molecule has 2 aliphatic rings. The smallest absolute Gasteiger partial charge is 0.245 e. The number of fused-ring (bicyclic) bond motifs is 1. The van der Waals surface area contributed by atoms with Crippen LogP contribution in [0.5, 0.6) is 0 Å². The maximum absolute atomic E-state index is 13.3. The Bertz CT molecular complexity index is 1090. The second-order valence-corrected chi connectivity index (χ2v) is 10.2. The van der Waals surface area contributed by atoms with Gasteiger partial charge in [0.1, 0.15) is 28.1 Å². The number of sulfonamides is 1. The third-order valence-electron chi connectivity index (χ3n) is 5.67. The van der Waals surface area contributed by atoms with Crippen molar-refractivity contribution in [2.24, 2.45) is 11.8 Å². The molecule has 8 nitrogen and oxygen atoms in total. The quantitative estimate of drug-likeness (QED) is 0.610. The zero-order valence-corrected chi connectivity index (χ0v) is 17.1. The Morgan fingerprint density at radius 1 is 1.14 bits per heavy atom. The van der Waals surface area contributed by atoms with E-state index in [2.05, 4.69) is 23.5 Å². The van der Waals surface area contributed by atoms with Crippen LogP contribution >= 0.6 is 11.7 Å². The van der Waals surface area contributed by atoms with E-state index in [0.717, 1.165) is 49.3 Å². The Morgan fingerprint density at radius 3 is 2.89 bits per heavy atom. The summed E-state index contributed by atoms with van der Waals surface area (Å²) < 4.78 is 38.7. The van der Waals surface area contributed by atoms with Crippen molar-refractivity contribution in [1.82, 2.24) is 27.8 Å². The van der Waals surface area contributed by atoms with E-state index in [1.807, 2.05) is 0 Å². The van der Waals surface area contributed by atoms with Crippen LogP contribution in [0.25, 0.3) is 11.0 Å². The average molecular weight is 419 g/mol. The number of aromatic nitrogens is 5. The molecule has 0 bridgehead atoms. The molecule has 28 heavy (non-hydrogen) atoms. The molecule has 1 atom stereocenters. The number of hydrogen-bond donors (Lipinski definition) is 0. The van der Waals surface area contributed by atoms with Gasteiger partial charge in [0, 0.05) is 26.1 Å². The second-order valence-electron chi connectivity index (χ2n) is 7.81. The number of nitrogens with zero attached hydrogens (tertiary/aromatic N) is 6. The van der Waals surface area contributed by atoms with E-state index < -0.39 is 10.0 Å². The summed E-state index contributed by atoms with van der Waals surface area (Å²) in [6, 6.07) is 5.16. The van der Waals surface area contributed by atoms with Crippen molar-refractivity contribution in [2.45, 2.75) is 43.5 Å². The fourth-order valence-electron chi connectivity index (χ4n) is 3.97. The summed E-state index contributed by atoms with van der Waals surface area (Å²) in [7, 11) is -3.59. The highest BCUT2D eigenvalue weighted by Crippen LogP contribution is 2.32. The van der Waals surface area contributed by atoms with Gasteiger partial charge in [-0.25, -0.2) is 8.42 Å². The van der Waals surface area contributed by atoms with E-state index in [1.165, 1.54) is 12.8 Å². The van der Waals surface area contributed by atoms with Crippen LogP contribution in [0.4, 0.5) is 0 Å². The van der Waals surface area contributed by atoms with Gasteiger partial charge in [0.05, 0.1) is 11.7 Å². The van der Waals surface area contributed by atoms with Gasteiger partial charge in [-0.3, -0.25) is 0 Å². The van der Waals surface area contributed by atoms with Crippen LogP contribution in [-0.4, -0.2) is 49.3 Å². The Balaban J connectivity index is 1.35. The molecule has 0 radical (unpaired) electrons. The van der Waals surface area contributed by atoms with Crippen molar-refractivity contribution in [3.8, 4) is 0 Å². The third kappa shape index (κ3) is 3.44. The molecular formula is C18H22N6O2S2. The molecular weight excluding hydrogens is 396 g/mol. The van der Waals surface area contributed by atoms with E-state index >= 15 is 0 Å². The standard InChI is InChI=1S/C18H22N6O2S2/c25-28(26,16-5-1-4-15-18(16)22-27-21-15)24-8-2-3-14(11-24)9-17-20-19-12-23(17)10-13-6-7-13/h1,4-5,12-14H,2-3,6-11H2. The molecule has 3 heterocycles. The predicted molar refractivity (Wildman–Crippen MR) is 105 cm³/mol. The Hall–Kier alpha value is -1.91. The summed E-state index contributed by atoms with van der Waals surface area (Å²) in [5.74, 6) is 1.98. The van der Waals surface area contributed by atoms with E-state index in [0.29, 0.717) is 24.1 Å². The maximum atomic E-state index is 13.3. The Labute approximate surface area is 168 Å². The highest BCUT2D eigenvalue weighted by atomic mass is 32.2. The molecule has 1 saturated carbocycles. The summed E-state index contributed by atoms with van der Waals surface area (Å²) in [5, 5.41) is 8.38. The van der Waals surface area contributed by atoms with Gasteiger partial charge in [0.15, 0.2) is 0 Å². The van der Waals surface area contributed by atoms with Crippen LogP contribution in [0.3, 0.4) is 0 Å². The lowest BCUT2D eigenvalue weighted by atomic mass is 9.96. The minimum absolute atomic E-state index is 0.249. The van der Waals surface area contributed by atoms with Crippen molar-refractivity contribution in [3.63, 3.8) is 0 Å². The summed E-state index contributed by atoms with van der Waals surface area (Å²) in [6.07, 6.45) is 6.99. The highest BCUT2D eigenvalue weighted by molar-refractivity contribution is 7.89. The molecule has 10 heteroatoms. The molecule has 5 rings (SSSR count). The number of benzene rings is 1. The fraction of sp³-hybridized carbons (Fsp3) is 0.556. The largest absolute Gasteiger partial charge is 0.317 e. The first-order valence-corrected chi connectivity index (χ1v) is 11.9. The van der Waals surface area contributed by atoms with Gasteiger partial charge in [-0.15, -0.1) is 10.2 Å². The van der Waals surface area contributed by atoms with Crippen LogP contribution < -0.4 is 0 Å². The fourth-order valence-corrected chi connectivity index (χ4v) is 6.27. The number of piperidine rings is 1. The van der Waals surface area contributed by atoms with E-state index in [9.17, 15) is 8.42 Å². The van der Waals surface area contributed by atoms with E-state index in [1.54, 1.807) is 28.8 Å². The minimum atomic E-state index is -3.59. The molecule has 3 aromatic rings. The van der Waals surface area contributed by atoms with E-state index in [-0.39, 0.29) is 10.8 Å². The van der Waals surface area contributed by atoms with Crippen molar-refractivity contribution in [2.75, 3.05) is 13.1 Å². The number of rotatable bonds is 6. The lowest BCUT2D eigenvalue weighted by molar-refractivity contribution is 0.261. The molecule has 1 unspecified atom stereocenters. The van der Waals surface area contributed by atoms with Gasteiger partial charge in [-0.05, 0) is 49.7 Å². The van der Waals surface area contributed by atoms with Gasteiger partial charge in [-0.1, -0.05) is 6.07 Å². The molecule has 0 spiro atoms. The molecule has 2 fully saturated rings. The topological polar surface area (TPSA) is 93.9 Å². The van der Waals surface area contributed by atoms with Gasteiger partial charge >= 0.3 is 0 Å². The summed E-state index contributed by atoms with van der Waals surface area (Å²) in [4.78, 5) is 0.260. The predicted octanol–water partition coefficient (Wildman–Crippen LogP) is 2.34. The highest BCUT2D eigenvalue weighted by Gasteiger charge is 2.33. The van der Waals surface area contributed by atoms with Crippen molar-refractivity contribution < 1.29 is 8.42 Å². The summed E-state index contributed by atoms with van der Waals surface area (Å²) in [5.41, 5.74) is 1.10. The molecule has 1 aromatic carbocycles. The molecule has 1 aliphatic heterocycles. The summed E-state index contributed by atoms with van der Waals surface area (Å²) >= 11 is 1.04. The Kier molecular flexibility index (Phi) is 4.64. The lowest BCUT2D eigenvalue weighted by Gasteiger charge is -2.31. The number of hydrogen-bond acceptors (Lipinski definition) is 7. The maximum Gasteiger partial charge on any atom is 0.245 e. The summed E-state index contributed by atoms with van der Waals surface area (Å²) in [6.45, 7) is 2.03. The lowest BCUT2D eigenvalue weighted by Crippen LogP contribution is -2.40. The normalized spacial score (nSPS) is 21.4. The third-order valence-corrected chi connectivity index (χ3v) is 8.11. The van der Waals surface area contributed by atoms with Crippen molar-refractivity contribution >= 4 is 32.8 Å². The van der Waals surface area contributed by atoms with Crippen LogP contribution in [0.2, 0.25) is 0 Å². The van der Waals surface area contributed by atoms with Gasteiger partial charge < -0.3 is 4.57 Å². The minimum Gasteiger partial charge on any atom is -0.317 e. The first-order chi connectivity index (χ1) is 13.6. The first-order valence-electron chi connectivity index (χ1n) is 9.69. The van der Waals surface area contributed by atoms with Crippen LogP contribution in [-0.2, 0) is 23.0 Å². The molecule has 1 saturated heterocycles. The van der Waals surface area contributed by atoms with Crippen LogP contribution in [0.15, 0.2) is 29.4 Å². The molecule has 2 aromatic heterocycles. The molecule has 0 amide bonds. The van der Waals surface area contributed by atoms with Gasteiger partial charge in [0.25, 0.3) is 0 Å². The SMILES string of the molecule is O=S(=O)(c1cccc2nsnc12)N1CCCC(Cc2nncn2CC2CC2)C1. The van der Waals surface area contributed by atoms with Crippen LogP contribution in [0.1, 0.15) is 31.5 Å². The first kappa shape index (κ1) is 18.1. The zero-order valence-electron chi connectivity index (χ0n) is 15.4. The van der Waals surface area contributed by atoms with Crippen molar-refractivity contribution in [3.05, 3.63) is 30.4 Å². The average Bonchev–Trinajstić information content (AvgIpc) is 3.20. The molecule has 148 valence electrons. The van der Waals surface area contributed by atoms with Gasteiger partial charge in [-0.2, -0.15) is 13.1 Å². The monoisotopic (exact) mass is 418 g/mol.